The van der Waals surface area contributed by atoms with Crippen LogP contribution in [0.5, 0.6) is 0 Å². The van der Waals surface area contributed by atoms with Crippen LogP contribution in [-0.4, -0.2) is 37.9 Å². The first-order chi connectivity index (χ1) is 13.5. The Labute approximate surface area is 172 Å². The third-order valence-electron chi connectivity index (χ3n) is 4.67. The summed E-state index contributed by atoms with van der Waals surface area (Å²) in [5.41, 5.74) is 1.41. The number of amides is 1. The summed E-state index contributed by atoms with van der Waals surface area (Å²) < 4.78 is 27.8. The van der Waals surface area contributed by atoms with Gasteiger partial charge in [0.1, 0.15) is 5.82 Å². The van der Waals surface area contributed by atoms with E-state index in [1.807, 2.05) is 6.07 Å². The summed E-state index contributed by atoms with van der Waals surface area (Å²) in [4.78, 5) is 19.4. The molecule has 1 aliphatic heterocycles. The zero-order chi connectivity index (χ0) is 21.2. The molecule has 1 aromatic heterocycles. The predicted octanol–water partition coefficient (Wildman–Crippen LogP) is 3.32. The number of aryl methyl sites for hydroxylation is 1. The molecule has 0 bridgehead atoms. The Morgan fingerprint density at radius 2 is 1.79 bits per heavy atom. The molecule has 1 fully saturated rings. The van der Waals surface area contributed by atoms with Gasteiger partial charge in [0.2, 0.25) is 10.0 Å². The average molecular weight is 417 g/mol. The van der Waals surface area contributed by atoms with Crippen molar-refractivity contribution < 1.29 is 13.2 Å². The highest BCUT2D eigenvalue weighted by Gasteiger charge is 2.23. The molecule has 2 aromatic rings. The van der Waals surface area contributed by atoms with Gasteiger partial charge in [-0.2, -0.15) is 0 Å². The first-order valence-electron chi connectivity index (χ1n) is 9.72. The van der Waals surface area contributed by atoms with E-state index in [-0.39, 0.29) is 4.90 Å². The maximum atomic E-state index is 12.8. The van der Waals surface area contributed by atoms with E-state index in [2.05, 4.69) is 19.9 Å². The summed E-state index contributed by atoms with van der Waals surface area (Å²) in [7, 11) is -3.73. The highest BCUT2D eigenvalue weighted by atomic mass is 32.2. The topological polar surface area (TPSA) is 91.4 Å². The van der Waals surface area contributed by atoms with Crippen LogP contribution in [0.25, 0.3) is 0 Å². The summed E-state index contributed by atoms with van der Waals surface area (Å²) in [6, 6.07) is 8.24. The van der Waals surface area contributed by atoms with Crippen molar-refractivity contribution in [2.75, 3.05) is 23.3 Å². The van der Waals surface area contributed by atoms with Crippen molar-refractivity contribution in [3.05, 3.63) is 47.7 Å². The molecule has 1 aromatic carbocycles. The minimum Gasteiger partial charge on any atom is -0.370 e. The fourth-order valence-electron chi connectivity index (χ4n) is 3.28. The summed E-state index contributed by atoms with van der Waals surface area (Å²) in [6.07, 6.45) is 4.12. The standard InChI is InChI=1S/C21H28N4O3S/c1-15-7-9-17(29(27,28)24-21(2,3)4)13-18(15)20(26)23-19-10-8-16(14-22-19)25-11-5-6-12-25/h7-10,13-14,24H,5-6,11-12H2,1-4H3,(H,22,23,26). The van der Waals surface area contributed by atoms with Gasteiger partial charge in [-0.05, 0) is 70.4 Å². The Balaban J connectivity index is 1.78. The van der Waals surface area contributed by atoms with Crippen molar-refractivity contribution in [1.29, 1.82) is 0 Å². The number of rotatable bonds is 5. The molecule has 7 nitrogen and oxygen atoms in total. The number of carbonyl (C=O) groups is 1. The lowest BCUT2D eigenvalue weighted by Crippen LogP contribution is -2.40. The summed E-state index contributed by atoms with van der Waals surface area (Å²) >= 11 is 0. The van der Waals surface area contributed by atoms with Gasteiger partial charge in [-0.3, -0.25) is 4.79 Å². The summed E-state index contributed by atoms with van der Waals surface area (Å²) in [5, 5.41) is 2.76. The Morgan fingerprint density at radius 1 is 1.10 bits per heavy atom. The Hall–Kier alpha value is -2.45. The minimum atomic E-state index is -3.73. The third kappa shape index (κ3) is 5.33. The molecule has 1 saturated heterocycles. The zero-order valence-corrected chi connectivity index (χ0v) is 18.1. The van der Waals surface area contributed by atoms with E-state index < -0.39 is 21.5 Å². The van der Waals surface area contributed by atoms with E-state index >= 15 is 0 Å². The molecule has 2 heterocycles. The van der Waals surface area contributed by atoms with Crippen LogP contribution in [-0.2, 0) is 10.0 Å². The number of hydrogen-bond acceptors (Lipinski definition) is 5. The molecule has 1 aliphatic rings. The third-order valence-corrected chi connectivity index (χ3v) is 6.42. The van der Waals surface area contributed by atoms with Gasteiger partial charge in [-0.15, -0.1) is 0 Å². The molecule has 3 rings (SSSR count). The van der Waals surface area contributed by atoms with Gasteiger partial charge in [0.25, 0.3) is 5.91 Å². The van der Waals surface area contributed by atoms with Gasteiger partial charge in [0.05, 0.1) is 16.8 Å². The first kappa shape index (κ1) is 21.3. The van der Waals surface area contributed by atoms with E-state index in [1.54, 1.807) is 46.0 Å². The van der Waals surface area contributed by atoms with Crippen LogP contribution in [0.3, 0.4) is 0 Å². The molecule has 1 amide bonds. The average Bonchev–Trinajstić information content (AvgIpc) is 3.15. The molecule has 0 atom stereocenters. The van der Waals surface area contributed by atoms with Crippen LogP contribution >= 0.6 is 0 Å². The van der Waals surface area contributed by atoms with Gasteiger partial charge in [0.15, 0.2) is 0 Å². The second-order valence-corrected chi connectivity index (χ2v) is 10.1. The van der Waals surface area contributed by atoms with Crippen molar-refractivity contribution >= 4 is 27.4 Å². The Morgan fingerprint density at radius 3 is 2.38 bits per heavy atom. The van der Waals surface area contributed by atoms with Gasteiger partial charge in [-0.1, -0.05) is 6.07 Å². The normalized spacial score (nSPS) is 14.8. The highest BCUT2D eigenvalue weighted by molar-refractivity contribution is 7.89. The smallest absolute Gasteiger partial charge is 0.257 e. The number of anilines is 2. The SMILES string of the molecule is Cc1ccc(S(=O)(=O)NC(C)(C)C)cc1C(=O)Nc1ccc(N2CCCC2)cn1. The Kier molecular flexibility index (Phi) is 5.95. The predicted molar refractivity (Wildman–Crippen MR) is 115 cm³/mol. The van der Waals surface area contributed by atoms with Crippen LogP contribution < -0.4 is 14.9 Å². The number of aromatic nitrogens is 1. The summed E-state index contributed by atoms with van der Waals surface area (Å²) in [6.45, 7) is 9.12. The molecule has 0 unspecified atom stereocenters. The van der Waals surface area contributed by atoms with E-state index in [4.69, 9.17) is 0 Å². The second kappa shape index (κ2) is 8.12. The highest BCUT2D eigenvalue weighted by Crippen LogP contribution is 2.22. The molecule has 29 heavy (non-hydrogen) atoms. The summed E-state index contributed by atoms with van der Waals surface area (Å²) in [5.74, 6) is 0.0372. The van der Waals surface area contributed by atoms with E-state index in [9.17, 15) is 13.2 Å². The first-order valence-corrected chi connectivity index (χ1v) is 11.2. The van der Waals surface area contributed by atoms with Gasteiger partial charge >= 0.3 is 0 Å². The van der Waals surface area contributed by atoms with Gasteiger partial charge in [0, 0.05) is 24.2 Å². The molecule has 0 saturated carbocycles. The van der Waals surface area contributed by atoms with Crippen molar-refractivity contribution in [3.63, 3.8) is 0 Å². The quantitative estimate of drug-likeness (QED) is 0.780. The molecule has 2 N–H and O–H groups in total. The van der Waals surface area contributed by atoms with Crippen molar-refractivity contribution in [3.8, 4) is 0 Å². The van der Waals surface area contributed by atoms with Crippen LogP contribution in [0, 0.1) is 6.92 Å². The molecule has 0 radical (unpaired) electrons. The lowest BCUT2D eigenvalue weighted by Gasteiger charge is -2.20. The van der Waals surface area contributed by atoms with E-state index in [1.165, 1.54) is 25.0 Å². The number of carbonyl (C=O) groups excluding carboxylic acids is 1. The van der Waals surface area contributed by atoms with E-state index in [0.717, 1.165) is 18.8 Å². The van der Waals surface area contributed by atoms with Gasteiger partial charge in [-0.25, -0.2) is 18.1 Å². The Bertz CT molecular complexity index is 990. The molecule has 156 valence electrons. The minimum absolute atomic E-state index is 0.0560. The number of hydrogen-bond donors (Lipinski definition) is 2. The van der Waals surface area contributed by atoms with E-state index in [0.29, 0.717) is 16.9 Å². The number of pyridine rings is 1. The molecular weight excluding hydrogens is 388 g/mol. The lowest BCUT2D eigenvalue weighted by atomic mass is 10.1. The number of nitrogens with zero attached hydrogens (tertiary/aromatic N) is 2. The monoisotopic (exact) mass is 416 g/mol. The van der Waals surface area contributed by atoms with Crippen molar-refractivity contribution in [2.45, 2.75) is 51.0 Å². The maximum absolute atomic E-state index is 12.8. The lowest BCUT2D eigenvalue weighted by molar-refractivity contribution is 0.102. The maximum Gasteiger partial charge on any atom is 0.257 e. The zero-order valence-electron chi connectivity index (χ0n) is 17.3. The van der Waals surface area contributed by atoms with Crippen LogP contribution in [0.4, 0.5) is 11.5 Å². The molecule has 0 aliphatic carbocycles. The van der Waals surface area contributed by atoms with Crippen molar-refractivity contribution in [2.24, 2.45) is 0 Å². The second-order valence-electron chi connectivity index (χ2n) is 8.38. The van der Waals surface area contributed by atoms with Crippen LogP contribution in [0.2, 0.25) is 0 Å². The number of nitrogens with one attached hydrogen (secondary N) is 2. The fraction of sp³-hybridized carbons (Fsp3) is 0.429. The fourth-order valence-corrected chi connectivity index (χ4v) is 4.73. The molecule has 8 heteroatoms. The molecular formula is C21H28N4O3S. The number of sulfonamides is 1. The largest absolute Gasteiger partial charge is 0.370 e. The van der Waals surface area contributed by atoms with Crippen molar-refractivity contribution in [1.82, 2.24) is 9.71 Å². The molecule has 0 spiro atoms. The van der Waals surface area contributed by atoms with Crippen LogP contribution in [0.15, 0.2) is 41.4 Å². The van der Waals surface area contributed by atoms with Crippen LogP contribution in [0.1, 0.15) is 49.5 Å². The van der Waals surface area contributed by atoms with Gasteiger partial charge < -0.3 is 10.2 Å². The number of benzene rings is 1.